The monoisotopic (exact) mass is 491 g/mol. The molecule has 0 fully saturated rings. The Morgan fingerprint density at radius 2 is 1.88 bits per heavy atom. The van der Waals surface area contributed by atoms with E-state index in [4.69, 9.17) is 16.3 Å². The third-order valence-corrected chi connectivity index (χ3v) is 5.25. The number of aryl methyl sites for hydroxylation is 1. The van der Waals surface area contributed by atoms with Gasteiger partial charge in [0.2, 0.25) is 5.91 Å². The number of nitrogens with zero attached hydrogens (tertiary/aromatic N) is 1. The molecule has 0 aliphatic heterocycles. The van der Waals surface area contributed by atoms with Crippen LogP contribution >= 0.6 is 11.6 Å². The lowest BCUT2D eigenvalue weighted by molar-refractivity contribution is -0.137. The van der Waals surface area contributed by atoms with Gasteiger partial charge in [-0.2, -0.15) is 13.2 Å². The molecule has 1 aromatic heterocycles. The van der Waals surface area contributed by atoms with Gasteiger partial charge in [-0.15, -0.1) is 0 Å². The lowest BCUT2D eigenvalue weighted by atomic mass is 10.1. The molecule has 0 unspecified atom stereocenters. The number of anilines is 1. The number of carbonyl (C=O) groups excluding carboxylic acids is 2. The second-order valence-corrected chi connectivity index (χ2v) is 7.76. The first kappa shape index (κ1) is 25.0. The number of amides is 2. The van der Waals surface area contributed by atoms with Crippen molar-refractivity contribution in [2.75, 3.05) is 12.4 Å². The molecule has 0 saturated heterocycles. The molecule has 6 nitrogen and oxygen atoms in total. The number of nitrogens with one attached hydrogen (secondary N) is 2. The van der Waals surface area contributed by atoms with Crippen LogP contribution in [0.4, 0.5) is 18.9 Å². The van der Waals surface area contributed by atoms with Crippen LogP contribution in [0.25, 0.3) is 0 Å². The first-order valence-corrected chi connectivity index (χ1v) is 10.6. The molecule has 0 radical (unpaired) electrons. The number of aromatic nitrogens is 1. The number of carbonyl (C=O) groups is 2. The second kappa shape index (κ2) is 10.6. The molecule has 1 heterocycles. The third kappa shape index (κ3) is 6.26. The molecule has 0 aliphatic rings. The fourth-order valence-electron chi connectivity index (χ4n) is 3.17. The summed E-state index contributed by atoms with van der Waals surface area (Å²) in [6.07, 6.45) is -2.77. The molecule has 178 valence electrons. The van der Waals surface area contributed by atoms with Gasteiger partial charge in [0.15, 0.2) is 0 Å². The van der Waals surface area contributed by atoms with Gasteiger partial charge in [-0.25, -0.2) is 0 Å². The van der Waals surface area contributed by atoms with Crippen LogP contribution in [-0.4, -0.2) is 23.8 Å². The molecule has 34 heavy (non-hydrogen) atoms. The van der Waals surface area contributed by atoms with E-state index in [-0.39, 0.29) is 23.7 Å². The van der Waals surface area contributed by atoms with Crippen molar-refractivity contribution in [2.24, 2.45) is 0 Å². The van der Waals surface area contributed by atoms with E-state index in [1.165, 1.54) is 19.3 Å². The van der Waals surface area contributed by atoms with Gasteiger partial charge >= 0.3 is 6.18 Å². The number of pyridine rings is 1. The van der Waals surface area contributed by atoms with Crippen LogP contribution in [0.2, 0.25) is 5.02 Å². The summed E-state index contributed by atoms with van der Waals surface area (Å²) in [6, 6.07) is 11.9. The zero-order valence-electron chi connectivity index (χ0n) is 18.3. The molecule has 0 bridgehead atoms. The molecule has 0 atom stereocenters. The van der Waals surface area contributed by atoms with Crippen LogP contribution in [-0.2, 0) is 17.4 Å². The van der Waals surface area contributed by atoms with E-state index in [0.717, 1.165) is 17.7 Å². The SMILES string of the molecule is CNC(=O)c1nccc(Oc2cccc(CCC(=O)Nc3ccc(Cl)c(C(F)(F)F)c3)c2)c1C. The van der Waals surface area contributed by atoms with Crippen molar-refractivity contribution in [1.29, 1.82) is 0 Å². The summed E-state index contributed by atoms with van der Waals surface area (Å²) in [4.78, 5) is 28.3. The topological polar surface area (TPSA) is 80.3 Å². The summed E-state index contributed by atoms with van der Waals surface area (Å²) in [5.41, 5.74) is 0.621. The number of hydrogen-bond donors (Lipinski definition) is 2. The predicted molar refractivity (Wildman–Crippen MR) is 122 cm³/mol. The number of benzene rings is 2. The minimum atomic E-state index is -4.62. The lowest BCUT2D eigenvalue weighted by Crippen LogP contribution is -2.20. The summed E-state index contributed by atoms with van der Waals surface area (Å²) in [5, 5.41) is 4.55. The highest BCUT2D eigenvalue weighted by molar-refractivity contribution is 6.31. The number of ether oxygens (including phenoxy) is 1. The van der Waals surface area contributed by atoms with E-state index < -0.39 is 22.7 Å². The maximum Gasteiger partial charge on any atom is 0.417 e. The highest BCUT2D eigenvalue weighted by Gasteiger charge is 2.33. The molecule has 0 aliphatic carbocycles. The molecule has 10 heteroatoms. The second-order valence-electron chi connectivity index (χ2n) is 7.35. The van der Waals surface area contributed by atoms with Gasteiger partial charge in [0.05, 0.1) is 10.6 Å². The molecular weight excluding hydrogens is 471 g/mol. The maximum absolute atomic E-state index is 13.0. The summed E-state index contributed by atoms with van der Waals surface area (Å²) in [5.74, 6) is 0.196. The zero-order chi connectivity index (χ0) is 24.9. The van der Waals surface area contributed by atoms with Crippen molar-refractivity contribution in [2.45, 2.75) is 25.9 Å². The Kier molecular flexibility index (Phi) is 7.78. The van der Waals surface area contributed by atoms with Crippen molar-refractivity contribution in [1.82, 2.24) is 10.3 Å². The number of halogens is 4. The van der Waals surface area contributed by atoms with Crippen LogP contribution in [0, 0.1) is 6.92 Å². The predicted octanol–water partition coefficient (Wildman–Crippen LogP) is 5.79. The Hall–Kier alpha value is -3.59. The summed E-state index contributed by atoms with van der Waals surface area (Å²) >= 11 is 5.60. The normalized spacial score (nSPS) is 11.1. The average molecular weight is 492 g/mol. The van der Waals surface area contributed by atoms with Crippen molar-refractivity contribution in [3.8, 4) is 11.5 Å². The Balaban J connectivity index is 1.65. The number of alkyl halides is 3. The largest absolute Gasteiger partial charge is 0.457 e. The molecule has 2 aromatic carbocycles. The molecule has 3 rings (SSSR count). The van der Waals surface area contributed by atoms with Crippen LogP contribution < -0.4 is 15.4 Å². The van der Waals surface area contributed by atoms with Crippen LogP contribution in [0.5, 0.6) is 11.5 Å². The van der Waals surface area contributed by atoms with Crippen LogP contribution in [0.15, 0.2) is 54.7 Å². The molecule has 3 aromatic rings. The van der Waals surface area contributed by atoms with Crippen LogP contribution in [0.3, 0.4) is 0 Å². The third-order valence-electron chi connectivity index (χ3n) is 4.92. The van der Waals surface area contributed by atoms with E-state index in [0.29, 0.717) is 23.5 Å². The average Bonchev–Trinajstić information content (AvgIpc) is 2.79. The van der Waals surface area contributed by atoms with E-state index >= 15 is 0 Å². The Labute approximate surface area is 199 Å². The van der Waals surface area contributed by atoms with Crippen molar-refractivity contribution >= 4 is 29.1 Å². The Morgan fingerprint density at radius 3 is 2.59 bits per heavy atom. The van der Waals surface area contributed by atoms with Crippen molar-refractivity contribution < 1.29 is 27.5 Å². The Morgan fingerprint density at radius 1 is 1.12 bits per heavy atom. The Bertz CT molecular complexity index is 1220. The fourth-order valence-corrected chi connectivity index (χ4v) is 3.39. The lowest BCUT2D eigenvalue weighted by Gasteiger charge is -2.13. The van der Waals surface area contributed by atoms with Gasteiger partial charge in [-0.1, -0.05) is 23.7 Å². The fraction of sp³-hybridized carbons (Fsp3) is 0.208. The van der Waals surface area contributed by atoms with Gasteiger partial charge in [-0.3, -0.25) is 14.6 Å². The number of rotatable bonds is 7. The maximum atomic E-state index is 13.0. The smallest absolute Gasteiger partial charge is 0.417 e. The zero-order valence-corrected chi connectivity index (χ0v) is 19.1. The van der Waals surface area contributed by atoms with Gasteiger partial charge in [0.1, 0.15) is 17.2 Å². The minimum absolute atomic E-state index is 0.0129. The molecule has 2 amide bonds. The quantitative estimate of drug-likeness (QED) is 0.438. The standard InChI is InChI=1S/C24H21ClF3N3O3/c1-14-20(10-11-30-22(14)23(33)29-2)34-17-5-3-4-15(12-17)6-9-21(32)31-16-7-8-19(25)18(13-16)24(26,27)28/h3-5,7-8,10-13H,6,9H2,1-2H3,(H,29,33)(H,31,32). The van der Waals surface area contributed by atoms with Crippen LogP contribution in [0.1, 0.15) is 33.6 Å². The first-order valence-electron chi connectivity index (χ1n) is 10.2. The highest BCUT2D eigenvalue weighted by Crippen LogP contribution is 2.36. The van der Waals surface area contributed by atoms with E-state index in [9.17, 15) is 22.8 Å². The van der Waals surface area contributed by atoms with Crippen molar-refractivity contribution in [3.63, 3.8) is 0 Å². The molecular formula is C24H21ClF3N3O3. The summed E-state index contributed by atoms with van der Waals surface area (Å²) < 4.78 is 44.9. The van der Waals surface area contributed by atoms with E-state index in [2.05, 4.69) is 15.6 Å². The first-order chi connectivity index (χ1) is 16.1. The van der Waals surface area contributed by atoms with Gasteiger partial charge < -0.3 is 15.4 Å². The van der Waals surface area contributed by atoms with Crippen molar-refractivity contribution in [3.05, 3.63) is 82.1 Å². The van der Waals surface area contributed by atoms with Gasteiger partial charge in [-0.05, 0) is 55.3 Å². The summed E-state index contributed by atoms with van der Waals surface area (Å²) in [6.45, 7) is 1.72. The minimum Gasteiger partial charge on any atom is -0.457 e. The molecule has 0 saturated carbocycles. The van der Waals surface area contributed by atoms with Gasteiger partial charge in [0.25, 0.3) is 5.91 Å². The molecule has 2 N–H and O–H groups in total. The number of hydrogen-bond acceptors (Lipinski definition) is 4. The molecule has 0 spiro atoms. The summed E-state index contributed by atoms with van der Waals surface area (Å²) in [7, 11) is 1.51. The van der Waals surface area contributed by atoms with E-state index in [1.54, 1.807) is 37.3 Å². The van der Waals surface area contributed by atoms with Gasteiger partial charge in [0, 0.05) is 30.9 Å². The highest BCUT2D eigenvalue weighted by atomic mass is 35.5. The van der Waals surface area contributed by atoms with E-state index in [1.807, 2.05) is 0 Å².